The smallest absolute Gasteiger partial charge is 0.309 e. The molecule has 0 aliphatic carbocycles. The summed E-state index contributed by atoms with van der Waals surface area (Å²) in [6, 6.07) is 13.4. The van der Waals surface area contributed by atoms with E-state index in [4.69, 9.17) is 25.6 Å². The molecule has 0 spiro atoms. The Morgan fingerprint density at radius 3 is 2.70 bits per heavy atom. The number of hydrogen-bond acceptors (Lipinski definition) is 8. The number of aromatic nitrogens is 3. The number of nitrogens with zero attached hydrogens (tertiary/aromatic N) is 4. The van der Waals surface area contributed by atoms with E-state index in [1.54, 1.807) is 12.3 Å². The maximum Gasteiger partial charge on any atom is 0.309 e. The second kappa shape index (κ2) is 10.8. The van der Waals surface area contributed by atoms with Crippen LogP contribution in [0.25, 0.3) is 33.6 Å². The fourth-order valence-electron chi connectivity index (χ4n) is 4.66. The minimum atomic E-state index is -0.105. The normalized spacial score (nSPS) is 14.4. The molecule has 0 radical (unpaired) electrons. The minimum Gasteiger partial charge on any atom is -0.489 e. The Kier molecular flexibility index (Phi) is 7.28. The largest absolute Gasteiger partial charge is 0.489 e. The highest BCUT2D eigenvalue weighted by atomic mass is 35.5. The first-order chi connectivity index (χ1) is 17.9. The first-order valence-electron chi connectivity index (χ1n) is 12.5. The van der Waals surface area contributed by atoms with Crippen LogP contribution >= 0.6 is 11.6 Å². The third-order valence-corrected chi connectivity index (χ3v) is 6.70. The van der Waals surface area contributed by atoms with Crippen molar-refractivity contribution in [2.75, 3.05) is 24.6 Å². The van der Waals surface area contributed by atoms with Gasteiger partial charge in [0.05, 0.1) is 23.7 Å². The van der Waals surface area contributed by atoms with Gasteiger partial charge in [-0.2, -0.15) is 4.98 Å². The van der Waals surface area contributed by atoms with E-state index < -0.39 is 0 Å². The molecule has 37 heavy (non-hydrogen) atoms. The Balaban J connectivity index is 1.41. The Morgan fingerprint density at radius 2 is 1.97 bits per heavy atom. The zero-order valence-electron chi connectivity index (χ0n) is 21.1. The van der Waals surface area contributed by atoms with E-state index >= 15 is 0 Å². The average Bonchev–Trinajstić information content (AvgIpc) is 3.39. The molecule has 0 unspecified atom stereocenters. The van der Waals surface area contributed by atoms with Gasteiger partial charge >= 0.3 is 5.97 Å². The molecular formula is C28H29ClN4O4. The molecule has 192 valence electrons. The van der Waals surface area contributed by atoms with Crippen LogP contribution in [0.1, 0.15) is 33.6 Å². The number of carbonyl (C=O) groups is 1. The van der Waals surface area contributed by atoms with Crippen LogP contribution in [0.15, 0.2) is 53.2 Å². The van der Waals surface area contributed by atoms with Crippen molar-refractivity contribution in [3.63, 3.8) is 0 Å². The highest BCUT2D eigenvalue weighted by molar-refractivity contribution is 6.32. The molecule has 5 rings (SSSR count). The molecule has 0 amide bonds. The number of hydrogen-bond donors (Lipinski definition) is 0. The number of piperidine rings is 1. The zero-order chi connectivity index (χ0) is 25.9. The third-order valence-electron chi connectivity index (χ3n) is 6.41. The van der Waals surface area contributed by atoms with E-state index in [0.717, 1.165) is 48.1 Å². The van der Waals surface area contributed by atoms with Gasteiger partial charge in [-0.05, 0) is 63.3 Å². The van der Waals surface area contributed by atoms with Crippen LogP contribution in [-0.4, -0.2) is 46.9 Å². The zero-order valence-corrected chi connectivity index (χ0v) is 21.9. The van der Waals surface area contributed by atoms with Crippen molar-refractivity contribution >= 4 is 34.2 Å². The van der Waals surface area contributed by atoms with Gasteiger partial charge < -0.3 is 18.9 Å². The van der Waals surface area contributed by atoms with Gasteiger partial charge in [-0.3, -0.25) is 4.79 Å². The van der Waals surface area contributed by atoms with Crippen LogP contribution in [0.3, 0.4) is 0 Å². The molecule has 8 nitrogen and oxygen atoms in total. The summed E-state index contributed by atoms with van der Waals surface area (Å²) in [5.41, 5.74) is 1.57. The lowest BCUT2D eigenvalue weighted by Gasteiger charge is -2.32. The summed E-state index contributed by atoms with van der Waals surface area (Å²) in [7, 11) is 0. The number of ether oxygens (including phenoxy) is 2. The van der Waals surface area contributed by atoms with Gasteiger partial charge in [-0.25, -0.2) is 4.98 Å². The van der Waals surface area contributed by atoms with E-state index in [1.807, 2.05) is 57.2 Å². The minimum absolute atomic E-state index is 0.0213. The summed E-state index contributed by atoms with van der Waals surface area (Å²) in [5, 5.41) is 6.72. The van der Waals surface area contributed by atoms with Crippen molar-refractivity contribution in [3.05, 3.63) is 53.7 Å². The number of carbonyl (C=O) groups excluding carboxylic acids is 1. The monoisotopic (exact) mass is 520 g/mol. The molecule has 0 bridgehead atoms. The standard InChI is InChI=1S/C28H29ClN4O4/c1-4-35-28(34)18-11-14-33(15-12-18)26-22-7-5-6-21(20(22)10-13-30-26)25-31-27(37-32-25)19-8-9-24(23(29)16-19)36-17(2)3/h5-10,13,16-18H,4,11-12,14-15H2,1-3H3. The molecule has 1 aliphatic heterocycles. The van der Waals surface area contributed by atoms with Crippen LogP contribution < -0.4 is 9.64 Å². The summed E-state index contributed by atoms with van der Waals surface area (Å²) >= 11 is 6.41. The molecule has 0 N–H and O–H groups in total. The molecule has 0 saturated carbocycles. The predicted molar refractivity (Wildman–Crippen MR) is 143 cm³/mol. The Morgan fingerprint density at radius 1 is 1.16 bits per heavy atom. The van der Waals surface area contributed by atoms with Crippen molar-refractivity contribution in [2.24, 2.45) is 5.92 Å². The highest BCUT2D eigenvalue weighted by Gasteiger charge is 2.27. The van der Waals surface area contributed by atoms with E-state index in [1.165, 1.54) is 0 Å². The fourth-order valence-corrected chi connectivity index (χ4v) is 4.88. The number of halogens is 1. The summed E-state index contributed by atoms with van der Waals surface area (Å²) in [5.74, 6) is 2.20. The number of rotatable bonds is 7. The average molecular weight is 521 g/mol. The van der Waals surface area contributed by atoms with E-state index in [0.29, 0.717) is 34.7 Å². The van der Waals surface area contributed by atoms with Gasteiger partial charge in [0.25, 0.3) is 5.89 Å². The fraction of sp³-hybridized carbons (Fsp3) is 0.357. The molecule has 4 aromatic rings. The van der Waals surface area contributed by atoms with Crippen molar-refractivity contribution in [2.45, 2.75) is 39.7 Å². The molecule has 9 heteroatoms. The lowest BCUT2D eigenvalue weighted by Crippen LogP contribution is -2.37. The second-order valence-corrected chi connectivity index (χ2v) is 9.69. The van der Waals surface area contributed by atoms with Gasteiger partial charge in [0, 0.05) is 35.8 Å². The van der Waals surface area contributed by atoms with E-state index in [-0.39, 0.29) is 18.0 Å². The first-order valence-corrected chi connectivity index (χ1v) is 12.9. The van der Waals surface area contributed by atoms with Gasteiger partial charge in [-0.1, -0.05) is 35.0 Å². The molecule has 1 saturated heterocycles. The molecular weight excluding hydrogens is 492 g/mol. The number of fused-ring (bicyclic) bond motifs is 1. The molecule has 2 aromatic heterocycles. The lowest BCUT2D eigenvalue weighted by molar-refractivity contribution is -0.148. The Labute approximate surface area is 220 Å². The van der Waals surface area contributed by atoms with Crippen LogP contribution in [0.2, 0.25) is 5.02 Å². The van der Waals surface area contributed by atoms with Crippen LogP contribution in [-0.2, 0) is 9.53 Å². The number of benzene rings is 2. The van der Waals surface area contributed by atoms with Crippen molar-refractivity contribution in [1.82, 2.24) is 15.1 Å². The first kappa shape index (κ1) is 25.0. The summed E-state index contributed by atoms with van der Waals surface area (Å²) in [4.78, 5) is 23.7. The molecule has 1 fully saturated rings. The molecule has 0 atom stereocenters. The predicted octanol–water partition coefficient (Wildman–Crippen LogP) is 6.17. The van der Waals surface area contributed by atoms with Crippen LogP contribution in [0.4, 0.5) is 5.82 Å². The van der Waals surface area contributed by atoms with Crippen molar-refractivity contribution in [3.8, 4) is 28.6 Å². The van der Waals surface area contributed by atoms with Gasteiger partial charge in [-0.15, -0.1) is 0 Å². The van der Waals surface area contributed by atoms with E-state index in [9.17, 15) is 4.79 Å². The number of esters is 1. The summed E-state index contributed by atoms with van der Waals surface area (Å²) in [6.45, 7) is 7.63. The molecule has 2 aromatic carbocycles. The molecule has 3 heterocycles. The summed E-state index contributed by atoms with van der Waals surface area (Å²) in [6.07, 6.45) is 3.31. The number of pyridine rings is 1. The SMILES string of the molecule is CCOC(=O)C1CCN(c2nccc3c(-c4noc(-c5ccc(OC(C)C)c(Cl)c5)n4)cccc23)CC1. The van der Waals surface area contributed by atoms with Gasteiger partial charge in [0.15, 0.2) is 0 Å². The lowest BCUT2D eigenvalue weighted by atomic mass is 9.96. The maximum absolute atomic E-state index is 12.1. The second-order valence-electron chi connectivity index (χ2n) is 9.28. The molecule has 1 aliphatic rings. The quantitative estimate of drug-likeness (QED) is 0.267. The Hall–Kier alpha value is -3.65. The van der Waals surface area contributed by atoms with Crippen molar-refractivity contribution < 1.29 is 18.8 Å². The summed E-state index contributed by atoms with van der Waals surface area (Å²) < 4.78 is 16.5. The highest BCUT2D eigenvalue weighted by Crippen LogP contribution is 2.35. The van der Waals surface area contributed by atoms with Gasteiger partial charge in [0.1, 0.15) is 11.6 Å². The maximum atomic E-state index is 12.1. The van der Waals surface area contributed by atoms with Gasteiger partial charge in [0.2, 0.25) is 5.82 Å². The van der Waals surface area contributed by atoms with E-state index in [2.05, 4.69) is 20.0 Å². The topological polar surface area (TPSA) is 90.6 Å². The Bertz CT molecular complexity index is 1410. The van der Waals surface area contributed by atoms with Crippen LogP contribution in [0, 0.1) is 5.92 Å². The van der Waals surface area contributed by atoms with Crippen LogP contribution in [0.5, 0.6) is 5.75 Å². The van der Waals surface area contributed by atoms with Crippen molar-refractivity contribution in [1.29, 1.82) is 0 Å². The third kappa shape index (κ3) is 5.25. The number of anilines is 1.